The molecule has 3 aromatic rings. The van der Waals surface area contributed by atoms with Crippen LogP contribution in [0.15, 0.2) is 40.6 Å². The van der Waals surface area contributed by atoms with Crippen molar-refractivity contribution >= 4 is 33.8 Å². The van der Waals surface area contributed by atoms with Crippen LogP contribution < -0.4 is 10.3 Å². The summed E-state index contributed by atoms with van der Waals surface area (Å²) in [5, 5.41) is 2.50. The van der Waals surface area contributed by atoms with Crippen LogP contribution in [0.3, 0.4) is 0 Å². The zero-order valence-electron chi connectivity index (χ0n) is 16.9. The molecule has 1 aliphatic rings. The van der Waals surface area contributed by atoms with Crippen molar-refractivity contribution in [1.82, 2.24) is 19.2 Å². The van der Waals surface area contributed by atoms with Crippen molar-refractivity contribution in [3.8, 4) is 5.75 Å². The summed E-state index contributed by atoms with van der Waals surface area (Å²) in [5.74, 6) is 0.639. The summed E-state index contributed by atoms with van der Waals surface area (Å²) >= 11 is 7.43. The third-order valence-electron chi connectivity index (χ3n) is 5.21. The minimum atomic E-state index is -0.570. The first kappa shape index (κ1) is 20.8. The van der Waals surface area contributed by atoms with E-state index in [1.54, 1.807) is 35.7 Å². The van der Waals surface area contributed by atoms with Crippen LogP contribution in [-0.2, 0) is 11.3 Å². The topological polar surface area (TPSA) is 67.2 Å². The molecule has 4 rings (SSSR count). The Labute approximate surface area is 183 Å². The number of rotatable bonds is 5. The maximum Gasteiger partial charge on any atom is 0.263 e. The molecule has 1 atom stereocenters. The first-order valence-electron chi connectivity index (χ1n) is 9.80. The Bertz CT molecular complexity index is 1120. The molecule has 0 N–H and O–H groups in total. The molecular weight excluding hydrogens is 424 g/mol. The number of aromatic nitrogens is 2. The van der Waals surface area contributed by atoms with Crippen LogP contribution in [0.5, 0.6) is 5.75 Å². The van der Waals surface area contributed by atoms with Gasteiger partial charge in [-0.2, -0.15) is 0 Å². The molecule has 1 amide bonds. The molecule has 30 heavy (non-hydrogen) atoms. The first-order valence-corrected chi connectivity index (χ1v) is 11.1. The van der Waals surface area contributed by atoms with E-state index in [0.717, 1.165) is 24.3 Å². The van der Waals surface area contributed by atoms with E-state index in [-0.39, 0.29) is 11.5 Å². The van der Waals surface area contributed by atoms with Gasteiger partial charge in [-0.1, -0.05) is 11.6 Å². The number of piperazine rings is 1. The SMILES string of the molecule is Cc1cc(Cl)ccc1OC(C)C(=O)N1CCN(Cc2cc(=O)n3ccsc3n2)CC1. The van der Waals surface area contributed by atoms with E-state index < -0.39 is 6.10 Å². The predicted octanol–water partition coefficient (Wildman–Crippen LogP) is 2.83. The Morgan fingerprint density at radius 3 is 2.77 bits per heavy atom. The van der Waals surface area contributed by atoms with Crippen LogP contribution in [0.4, 0.5) is 0 Å². The molecule has 158 valence electrons. The summed E-state index contributed by atoms with van der Waals surface area (Å²) in [6.07, 6.45) is 1.16. The molecule has 7 nitrogen and oxygen atoms in total. The maximum atomic E-state index is 12.8. The lowest BCUT2D eigenvalue weighted by atomic mass is 10.2. The average molecular weight is 447 g/mol. The fraction of sp³-hybridized carbons (Fsp3) is 0.381. The number of thiazole rings is 1. The van der Waals surface area contributed by atoms with Crippen molar-refractivity contribution < 1.29 is 9.53 Å². The molecular formula is C21H23ClN4O3S. The number of halogens is 1. The lowest BCUT2D eigenvalue weighted by molar-refractivity contribution is -0.139. The summed E-state index contributed by atoms with van der Waals surface area (Å²) in [6, 6.07) is 6.95. The summed E-state index contributed by atoms with van der Waals surface area (Å²) in [6.45, 7) is 6.97. The quantitative estimate of drug-likeness (QED) is 0.603. The fourth-order valence-electron chi connectivity index (χ4n) is 3.57. The average Bonchev–Trinajstić information content (AvgIpc) is 3.19. The number of carbonyl (C=O) groups is 1. The Morgan fingerprint density at radius 1 is 1.27 bits per heavy atom. The second kappa shape index (κ2) is 8.75. The summed E-state index contributed by atoms with van der Waals surface area (Å²) < 4.78 is 7.42. The minimum Gasteiger partial charge on any atom is -0.481 e. The Kier molecular flexibility index (Phi) is 6.08. The van der Waals surface area contributed by atoms with Gasteiger partial charge in [0.2, 0.25) is 0 Å². The highest BCUT2D eigenvalue weighted by Gasteiger charge is 2.26. The second-order valence-electron chi connectivity index (χ2n) is 7.41. The van der Waals surface area contributed by atoms with Gasteiger partial charge in [-0.15, -0.1) is 11.3 Å². The van der Waals surface area contributed by atoms with Gasteiger partial charge < -0.3 is 9.64 Å². The predicted molar refractivity (Wildman–Crippen MR) is 117 cm³/mol. The summed E-state index contributed by atoms with van der Waals surface area (Å²) in [5.41, 5.74) is 1.60. The Balaban J connectivity index is 1.33. The maximum absolute atomic E-state index is 12.8. The van der Waals surface area contributed by atoms with Crippen LogP contribution >= 0.6 is 22.9 Å². The molecule has 1 fully saturated rings. The van der Waals surface area contributed by atoms with E-state index in [1.807, 2.05) is 23.3 Å². The molecule has 1 aliphatic heterocycles. The first-order chi connectivity index (χ1) is 14.4. The smallest absolute Gasteiger partial charge is 0.263 e. The van der Waals surface area contributed by atoms with Gasteiger partial charge in [-0.25, -0.2) is 4.98 Å². The van der Waals surface area contributed by atoms with Crippen molar-refractivity contribution in [2.24, 2.45) is 0 Å². The third-order valence-corrected chi connectivity index (χ3v) is 6.21. The molecule has 0 radical (unpaired) electrons. The van der Waals surface area contributed by atoms with E-state index in [1.165, 1.54) is 11.3 Å². The number of nitrogens with zero attached hydrogens (tertiary/aromatic N) is 4. The van der Waals surface area contributed by atoms with Gasteiger partial charge in [-0.3, -0.25) is 18.9 Å². The normalized spacial score (nSPS) is 16.0. The zero-order chi connectivity index (χ0) is 21.3. The minimum absolute atomic E-state index is 0.0274. The van der Waals surface area contributed by atoms with Gasteiger partial charge in [0, 0.05) is 55.4 Å². The second-order valence-corrected chi connectivity index (χ2v) is 8.72. The standard InChI is InChI=1S/C21H23ClN4O3S/c1-14-11-16(22)3-4-18(14)29-15(2)20(28)25-7-5-24(6-8-25)13-17-12-19(27)26-9-10-30-21(26)23-17/h3-4,9-12,15H,5-8,13H2,1-2H3. The van der Waals surface area contributed by atoms with Gasteiger partial charge in [0.25, 0.3) is 11.5 Å². The summed E-state index contributed by atoms with van der Waals surface area (Å²) in [7, 11) is 0. The van der Waals surface area contributed by atoms with Crippen LogP contribution in [0, 0.1) is 6.92 Å². The number of benzene rings is 1. The van der Waals surface area contributed by atoms with E-state index in [9.17, 15) is 9.59 Å². The van der Waals surface area contributed by atoms with Crippen LogP contribution in [0.2, 0.25) is 5.02 Å². The van der Waals surface area contributed by atoms with Crippen molar-refractivity contribution in [2.75, 3.05) is 26.2 Å². The van der Waals surface area contributed by atoms with Crippen LogP contribution in [-0.4, -0.2) is 57.4 Å². The number of amides is 1. The van der Waals surface area contributed by atoms with Crippen LogP contribution in [0.1, 0.15) is 18.2 Å². The molecule has 1 saturated heterocycles. The van der Waals surface area contributed by atoms with E-state index in [2.05, 4.69) is 9.88 Å². The fourth-order valence-corrected chi connectivity index (χ4v) is 4.53. The highest BCUT2D eigenvalue weighted by molar-refractivity contribution is 7.15. The van der Waals surface area contributed by atoms with Gasteiger partial charge in [0.05, 0.1) is 5.69 Å². The Hall–Kier alpha value is -2.42. The summed E-state index contributed by atoms with van der Waals surface area (Å²) in [4.78, 5) is 34.3. The molecule has 1 unspecified atom stereocenters. The van der Waals surface area contributed by atoms with Gasteiger partial charge in [-0.05, 0) is 37.6 Å². The number of aryl methyl sites for hydroxylation is 1. The van der Waals surface area contributed by atoms with Crippen LogP contribution in [0.25, 0.3) is 4.96 Å². The zero-order valence-corrected chi connectivity index (χ0v) is 18.4. The molecule has 2 aromatic heterocycles. The van der Waals surface area contributed by atoms with Gasteiger partial charge in [0.15, 0.2) is 11.1 Å². The highest BCUT2D eigenvalue weighted by atomic mass is 35.5. The number of hydrogen-bond donors (Lipinski definition) is 0. The molecule has 3 heterocycles. The molecule has 0 saturated carbocycles. The lowest BCUT2D eigenvalue weighted by Crippen LogP contribution is -2.51. The molecule has 0 spiro atoms. The van der Waals surface area contributed by atoms with E-state index in [0.29, 0.717) is 35.4 Å². The number of hydrogen-bond acceptors (Lipinski definition) is 6. The number of carbonyl (C=O) groups excluding carboxylic acids is 1. The van der Waals surface area contributed by atoms with Crippen molar-refractivity contribution in [1.29, 1.82) is 0 Å². The van der Waals surface area contributed by atoms with Crippen molar-refractivity contribution in [2.45, 2.75) is 26.5 Å². The monoisotopic (exact) mass is 446 g/mol. The third kappa shape index (κ3) is 4.50. The van der Waals surface area contributed by atoms with Crippen molar-refractivity contribution in [3.63, 3.8) is 0 Å². The highest BCUT2D eigenvalue weighted by Crippen LogP contribution is 2.23. The lowest BCUT2D eigenvalue weighted by Gasteiger charge is -2.35. The van der Waals surface area contributed by atoms with E-state index in [4.69, 9.17) is 16.3 Å². The molecule has 0 aliphatic carbocycles. The number of fused-ring (bicyclic) bond motifs is 1. The van der Waals surface area contributed by atoms with Gasteiger partial charge >= 0.3 is 0 Å². The van der Waals surface area contributed by atoms with Gasteiger partial charge in [0.1, 0.15) is 5.75 Å². The molecule has 9 heteroatoms. The number of ether oxygens (including phenoxy) is 1. The van der Waals surface area contributed by atoms with E-state index >= 15 is 0 Å². The van der Waals surface area contributed by atoms with Crippen molar-refractivity contribution in [3.05, 3.63) is 62.5 Å². The largest absolute Gasteiger partial charge is 0.481 e. The molecule has 0 bridgehead atoms. The molecule has 1 aromatic carbocycles. The Morgan fingerprint density at radius 2 is 2.03 bits per heavy atom.